The predicted molar refractivity (Wildman–Crippen MR) is 100 cm³/mol. The lowest BCUT2D eigenvalue weighted by Crippen LogP contribution is -2.60. The summed E-state index contributed by atoms with van der Waals surface area (Å²) in [5.74, 6) is 1.05. The maximum absolute atomic E-state index is 12.5. The Kier molecular flexibility index (Phi) is 4.89. The highest BCUT2D eigenvalue weighted by Gasteiger charge is 2.36. The highest BCUT2D eigenvalue weighted by atomic mass is 16.5. The number of aryl methyl sites for hydroxylation is 1. The number of hydrogen-bond donors (Lipinski definition) is 0. The summed E-state index contributed by atoms with van der Waals surface area (Å²) in [7, 11) is 0. The molecule has 0 unspecified atom stereocenters. The van der Waals surface area contributed by atoms with E-state index in [1.807, 2.05) is 29.2 Å². The molecule has 26 heavy (non-hydrogen) atoms. The second kappa shape index (κ2) is 7.46. The molecule has 1 aromatic heterocycles. The Labute approximate surface area is 154 Å². The van der Waals surface area contributed by atoms with E-state index in [0.29, 0.717) is 11.6 Å². The van der Waals surface area contributed by atoms with E-state index in [1.165, 1.54) is 5.56 Å². The molecule has 2 fully saturated rings. The van der Waals surface area contributed by atoms with Gasteiger partial charge in [-0.15, -0.1) is 0 Å². The van der Waals surface area contributed by atoms with Gasteiger partial charge in [-0.2, -0.15) is 0 Å². The van der Waals surface area contributed by atoms with Crippen LogP contribution in [-0.2, 0) is 0 Å². The highest BCUT2D eigenvalue weighted by molar-refractivity contribution is 5.93. The monoisotopic (exact) mass is 351 g/mol. The van der Waals surface area contributed by atoms with Crippen LogP contribution in [0.2, 0.25) is 0 Å². The SMILES string of the molecule is Cc1ccc(OC2CN(C3CCN(C(=O)c4cccnc4)CC3)C2)cc1. The Morgan fingerprint density at radius 1 is 1.12 bits per heavy atom. The van der Waals surface area contributed by atoms with Crippen LogP contribution in [0.25, 0.3) is 0 Å². The second-order valence-corrected chi connectivity index (χ2v) is 7.27. The molecule has 5 nitrogen and oxygen atoms in total. The minimum atomic E-state index is 0.0979. The summed E-state index contributed by atoms with van der Waals surface area (Å²) >= 11 is 0. The molecule has 4 rings (SSSR count). The number of piperidine rings is 1. The number of benzene rings is 1. The summed E-state index contributed by atoms with van der Waals surface area (Å²) in [6.07, 6.45) is 5.69. The van der Waals surface area contributed by atoms with Gasteiger partial charge in [0.2, 0.25) is 0 Å². The van der Waals surface area contributed by atoms with Crippen molar-refractivity contribution >= 4 is 5.91 Å². The molecule has 3 heterocycles. The maximum Gasteiger partial charge on any atom is 0.255 e. The molecule has 2 aliphatic rings. The summed E-state index contributed by atoms with van der Waals surface area (Å²) in [5.41, 5.74) is 1.93. The van der Waals surface area contributed by atoms with Crippen LogP contribution in [0.5, 0.6) is 5.75 Å². The van der Waals surface area contributed by atoms with E-state index in [9.17, 15) is 4.79 Å². The topological polar surface area (TPSA) is 45.7 Å². The normalized spacial score (nSPS) is 19.2. The third kappa shape index (κ3) is 3.73. The summed E-state index contributed by atoms with van der Waals surface area (Å²) < 4.78 is 6.03. The van der Waals surface area contributed by atoms with E-state index < -0.39 is 0 Å². The van der Waals surface area contributed by atoms with Gasteiger partial charge in [0, 0.05) is 44.6 Å². The van der Waals surface area contributed by atoms with Crippen LogP contribution < -0.4 is 4.74 Å². The average molecular weight is 351 g/mol. The van der Waals surface area contributed by atoms with E-state index in [0.717, 1.165) is 44.8 Å². The van der Waals surface area contributed by atoms with Crippen molar-refractivity contribution in [2.24, 2.45) is 0 Å². The van der Waals surface area contributed by atoms with E-state index in [1.54, 1.807) is 12.4 Å². The molecule has 0 spiro atoms. The summed E-state index contributed by atoms with van der Waals surface area (Å²) in [6, 6.07) is 12.5. The Morgan fingerprint density at radius 2 is 1.85 bits per heavy atom. The fraction of sp³-hybridized carbons (Fsp3) is 0.429. The van der Waals surface area contributed by atoms with Gasteiger partial charge in [-0.1, -0.05) is 17.7 Å². The second-order valence-electron chi connectivity index (χ2n) is 7.27. The molecule has 0 radical (unpaired) electrons. The van der Waals surface area contributed by atoms with Crippen molar-refractivity contribution in [1.29, 1.82) is 0 Å². The van der Waals surface area contributed by atoms with Crippen LogP contribution in [0.3, 0.4) is 0 Å². The van der Waals surface area contributed by atoms with E-state index in [-0.39, 0.29) is 12.0 Å². The van der Waals surface area contributed by atoms with E-state index in [2.05, 4.69) is 28.9 Å². The minimum Gasteiger partial charge on any atom is -0.488 e. The number of carbonyl (C=O) groups excluding carboxylic acids is 1. The first kappa shape index (κ1) is 17.0. The fourth-order valence-corrected chi connectivity index (χ4v) is 3.76. The molecule has 1 amide bonds. The van der Waals surface area contributed by atoms with Gasteiger partial charge in [0.25, 0.3) is 5.91 Å². The van der Waals surface area contributed by atoms with Gasteiger partial charge in [0.1, 0.15) is 11.9 Å². The molecule has 0 aliphatic carbocycles. The molecule has 0 bridgehead atoms. The predicted octanol–water partition coefficient (Wildman–Crippen LogP) is 2.76. The molecule has 0 atom stereocenters. The molecule has 2 saturated heterocycles. The molecule has 2 aromatic rings. The summed E-state index contributed by atoms with van der Waals surface area (Å²) in [5, 5.41) is 0. The number of ether oxygens (including phenoxy) is 1. The largest absolute Gasteiger partial charge is 0.488 e. The lowest BCUT2D eigenvalue weighted by Gasteiger charge is -2.46. The fourth-order valence-electron chi connectivity index (χ4n) is 3.76. The number of amides is 1. The van der Waals surface area contributed by atoms with Crippen LogP contribution in [0.15, 0.2) is 48.8 Å². The van der Waals surface area contributed by atoms with Crippen LogP contribution in [0.1, 0.15) is 28.8 Å². The number of hydrogen-bond acceptors (Lipinski definition) is 4. The summed E-state index contributed by atoms with van der Waals surface area (Å²) in [6.45, 7) is 5.68. The Bertz CT molecular complexity index is 734. The van der Waals surface area contributed by atoms with Crippen molar-refractivity contribution in [3.05, 3.63) is 59.9 Å². The third-order valence-electron chi connectivity index (χ3n) is 5.38. The third-order valence-corrected chi connectivity index (χ3v) is 5.38. The van der Waals surface area contributed by atoms with E-state index in [4.69, 9.17) is 4.74 Å². The van der Waals surface area contributed by atoms with E-state index >= 15 is 0 Å². The first-order valence-corrected chi connectivity index (χ1v) is 9.36. The van der Waals surface area contributed by atoms with Gasteiger partial charge in [0.15, 0.2) is 0 Å². The van der Waals surface area contributed by atoms with Crippen LogP contribution in [-0.4, -0.2) is 59.0 Å². The van der Waals surface area contributed by atoms with Gasteiger partial charge in [-0.05, 0) is 44.0 Å². The minimum absolute atomic E-state index is 0.0979. The van der Waals surface area contributed by atoms with Crippen LogP contribution in [0.4, 0.5) is 0 Å². The molecule has 0 N–H and O–H groups in total. The standard InChI is InChI=1S/C21H25N3O2/c1-16-4-6-19(7-5-16)26-20-14-24(15-20)18-8-11-23(12-9-18)21(25)17-3-2-10-22-13-17/h2-7,10,13,18,20H,8-9,11-12,14-15H2,1H3. The molecular formula is C21H25N3O2. The summed E-state index contributed by atoms with van der Waals surface area (Å²) in [4.78, 5) is 21.0. The Morgan fingerprint density at radius 3 is 2.50 bits per heavy atom. The van der Waals surface area contributed by atoms with Crippen molar-refractivity contribution in [3.63, 3.8) is 0 Å². The number of likely N-dealkylation sites (tertiary alicyclic amines) is 2. The number of aromatic nitrogens is 1. The zero-order valence-corrected chi connectivity index (χ0v) is 15.2. The lowest BCUT2D eigenvalue weighted by molar-refractivity contribution is -0.0249. The van der Waals surface area contributed by atoms with Crippen molar-refractivity contribution in [2.75, 3.05) is 26.2 Å². The maximum atomic E-state index is 12.5. The number of pyridine rings is 1. The van der Waals surface area contributed by atoms with Crippen molar-refractivity contribution in [1.82, 2.24) is 14.8 Å². The number of carbonyl (C=O) groups is 1. The molecular weight excluding hydrogens is 326 g/mol. The van der Waals surface area contributed by atoms with Gasteiger partial charge < -0.3 is 9.64 Å². The van der Waals surface area contributed by atoms with Gasteiger partial charge in [-0.25, -0.2) is 0 Å². The molecule has 1 aromatic carbocycles. The first-order chi connectivity index (χ1) is 12.7. The number of rotatable bonds is 4. The van der Waals surface area contributed by atoms with Crippen molar-refractivity contribution in [2.45, 2.75) is 31.9 Å². The zero-order chi connectivity index (χ0) is 17.9. The molecule has 136 valence electrons. The quantitative estimate of drug-likeness (QED) is 0.850. The zero-order valence-electron chi connectivity index (χ0n) is 15.2. The molecule has 5 heteroatoms. The molecule has 2 aliphatic heterocycles. The Hall–Kier alpha value is -2.40. The highest BCUT2D eigenvalue weighted by Crippen LogP contribution is 2.25. The first-order valence-electron chi connectivity index (χ1n) is 9.36. The Balaban J connectivity index is 1.22. The molecule has 0 saturated carbocycles. The van der Waals surface area contributed by atoms with Crippen LogP contribution in [0, 0.1) is 6.92 Å². The smallest absolute Gasteiger partial charge is 0.255 e. The van der Waals surface area contributed by atoms with Crippen molar-refractivity contribution in [3.8, 4) is 5.75 Å². The van der Waals surface area contributed by atoms with Crippen molar-refractivity contribution < 1.29 is 9.53 Å². The number of nitrogens with zero attached hydrogens (tertiary/aromatic N) is 3. The average Bonchev–Trinajstić information content (AvgIpc) is 2.66. The van der Waals surface area contributed by atoms with Crippen LogP contribution >= 0.6 is 0 Å². The van der Waals surface area contributed by atoms with Gasteiger partial charge in [0.05, 0.1) is 5.56 Å². The van der Waals surface area contributed by atoms with Gasteiger partial charge >= 0.3 is 0 Å². The van der Waals surface area contributed by atoms with Gasteiger partial charge in [-0.3, -0.25) is 14.7 Å². The lowest BCUT2D eigenvalue weighted by atomic mass is 9.98.